The number of unbranched alkanes of at least 4 members (excludes halogenated alkanes) is 5. The van der Waals surface area contributed by atoms with Crippen molar-refractivity contribution in [1.29, 1.82) is 0 Å². The number of nitrogens with zero attached hydrogens (tertiary/aromatic N) is 1. The molecule has 38 heavy (non-hydrogen) atoms. The number of carbonyl (C=O) groups is 4. The monoisotopic (exact) mass is 539 g/mol. The van der Waals surface area contributed by atoms with Gasteiger partial charge in [-0.3, -0.25) is 4.79 Å². The predicted molar refractivity (Wildman–Crippen MR) is 144 cm³/mol. The minimum Gasteiger partial charge on any atom is -0.466 e. The van der Waals surface area contributed by atoms with Gasteiger partial charge in [0, 0.05) is 12.5 Å². The van der Waals surface area contributed by atoms with Gasteiger partial charge >= 0.3 is 17.9 Å². The summed E-state index contributed by atoms with van der Waals surface area (Å²) in [5, 5.41) is 10.8. The first-order valence-corrected chi connectivity index (χ1v) is 14.1. The Bertz CT molecular complexity index is 810. The lowest BCUT2D eigenvalue weighted by Gasteiger charge is -2.30. The van der Waals surface area contributed by atoms with Crippen LogP contribution in [0.4, 0.5) is 0 Å². The lowest BCUT2D eigenvalue weighted by molar-refractivity contribution is -0.182. The SMILES string of the molecule is CCCCCCC/C=C(\C)[C@@H](O)[C@@H](C)C(=O)N1CCC[C@H]1C(=O)O[C@@H](C(=O)O[C@@H](C)C(=O)OC)[C@@H](C)CC. The molecule has 0 aromatic heterocycles. The maximum absolute atomic E-state index is 13.3. The van der Waals surface area contributed by atoms with Gasteiger partial charge in [-0.25, -0.2) is 14.4 Å². The molecule has 0 aliphatic carbocycles. The number of aliphatic hydroxyl groups excluding tert-OH is 1. The molecule has 1 saturated heterocycles. The fourth-order valence-corrected chi connectivity index (χ4v) is 4.53. The summed E-state index contributed by atoms with van der Waals surface area (Å²) in [6, 6.07) is -0.850. The molecular weight excluding hydrogens is 490 g/mol. The molecular formula is C29H49NO8. The second-order valence-corrected chi connectivity index (χ2v) is 10.4. The molecule has 1 amide bonds. The Balaban J connectivity index is 2.84. The minimum absolute atomic E-state index is 0.324. The van der Waals surface area contributed by atoms with Crippen molar-refractivity contribution in [2.24, 2.45) is 11.8 Å². The Hall–Kier alpha value is -2.42. The van der Waals surface area contributed by atoms with E-state index in [1.807, 2.05) is 19.9 Å². The van der Waals surface area contributed by atoms with Crippen LogP contribution in [0.5, 0.6) is 0 Å². The summed E-state index contributed by atoms with van der Waals surface area (Å²) in [6.45, 7) is 11.0. The standard InChI is InChI=1S/C29H49NO8/c1-8-10-11-12-13-14-16-20(4)24(31)21(5)26(32)30-18-15-17-23(30)28(34)38-25(19(3)9-2)29(35)37-22(6)27(33)36-7/h16,19,21-25,31H,8-15,17-18H2,1-7H3/b20-16+/t19-,21+,22-,23-,24+,25+/m0/s1. The molecule has 0 aromatic carbocycles. The summed E-state index contributed by atoms with van der Waals surface area (Å²) in [6.07, 6.45) is 6.89. The third-order valence-corrected chi connectivity index (χ3v) is 7.37. The van der Waals surface area contributed by atoms with Gasteiger partial charge in [-0.15, -0.1) is 0 Å². The van der Waals surface area contributed by atoms with E-state index >= 15 is 0 Å². The molecule has 1 N–H and O–H groups in total. The van der Waals surface area contributed by atoms with E-state index in [0.29, 0.717) is 25.8 Å². The van der Waals surface area contributed by atoms with Crippen molar-refractivity contribution >= 4 is 23.8 Å². The molecule has 6 atom stereocenters. The fraction of sp³-hybridized carbons (Fsp3) is 0.793. The molecule has 0 spiro atoms. The Labute approximate surface area is 228 Å². The van der Waals surface area contributed by atoms with E-state index in [1.165, 1.54) is 38.2 Å². The van der Waals surface area contributed by atoms with E-state index in [-0.39, 0.29) is 11.8 Å². The maximum Gasteiger partial charge on any atom is 0.348 e. The number of carbonyl (C=O) groups excluding carboxylic acids is 4. The molecule has 1 aliphatic heterocycles. The molecule has 9 nitrogen and oxygen atoms in total. The van der Waals surface area contributed by atoms with Gasteiger partial charge in [0.25, 0.3) is 0 Å². The minimum atomic E-state index is -1.22. The van der Waals surface area contributed by atoms with Crippen LogP contribution in [0.25, 0.3) is 0 Å². The highest BCUT2D eigenvalue weighted by atomic mass is 16.6. The Morgan fingerprint density at radius 1 is 1.00 bits per heavy atom. The molecule has 9 heteroatoms. The molecule has 1 aliphatic rings. The summed E-state index contributed by atoms with van der Waals surface area (Å²) in [5.74, 6) is -3.65. The highest BCUT2D eigenvalue weighted by Gasteiger charge is 2.41. The van der Waals surface area contributed by atoms with E-state index in [4.69, 9.17) is 9.47 Å². The molecule has 1 rings (SSSR count). The molecule has 218 valence electrons. The first-order chi connectivity index (χ1) is 18.0. The van der Waals surface area contributed by atoms with Crippen molar-refractivity contribution in [1.82, 2.24) is 4.90 Å². The van der Waals surface area contributed by atoms with Crippen molar-refractivity contribution in [3.63, 3.8) is 0 Å². The van der Waals surface area contributed by atoms with Gasteiger partial charge in [0.2, 0.25) is 12.0 Å². The van der Waals surface area contributed by atoms with Crippen LogP contribution in [0, 0.1) is 11.8 Å². The molecule has 0 aromatic rings. The van der Waals surface area contributed by atoms with E-state index in [2.05, 4.69) is 11.7 Å². The average molecular weight is 540 g/mol. The van der Waals surface area contributed by atoms with Crippen LogP contribution in [0.15, 0.2) is 11.6 Å². The quantitative estimate of drug-likeness (QED) is 0.133. The van der Waals surface area contributed by atoms with Crippen LogP contribution < -0.4 is 0 Å². The van der Waals surface area contributed by atoms with Crippen molar-refractivity contribution in [2.75, 3.05) is 13.7 Å². The maximum atomic E-state index is 13.3. The van der Waals surface area contributed by atoms with Gasteiger partial charge in [-0.1, -0.05) is 59.5 Å². The second kappa shape index (κ2) is 17.2. The number of amides is 1. The summed E-state index contributed by atoms with van der Waals surface area (Å²) < 4.78 is 15.4. The normalized spacial score (nSPS) is 19.7. The zero-order valence-electron chi connectivity index (χ0n) is 24.4. The Morgan fingerprint density at radius 3 is 2.26 bits per heavy atom. The molecule has 0 unspecified atom stereocenters. The number of likely N-dealkylation sites (tertiary alicyclic amines) is 1. The number of esters is 3. The van der Waals surface area contributed by atoms with Crippen LogP contribution in [0.1, 0.15) is 99.3 Å². The zero-order valence-corrected chi connectivity index (χ0v) is 24.4. The topological polar surface area (TPSA) is 119 Å². The van der Waals surface area contributed by atoms with E-state index in [1.54, 1.807) is 13.8 Å². The summed E-state index contributed by atoms with van der Waals surface area (Å²) in [4.78, 5) is 52.3. The van der Waals surface area contributed by atoms with Crippen molar-refractivity contribution in [3.8, 4) is 0 Å². The Morgan fingerprint density at radius 2 is 1.66 bits per heavy atom. The van der Waals surface area contributed by atoms with E-state index in [0.717, 1.165) is 24.8 Å². The van der Waals surface area contributed by atoms with Crippen molar-refractivity contribution in [3.05, 3.63) is 11.6 Å². The van der Waals surface area contributed by atoms with E-state index in [9.17, 15) is 24.3 Å². The molecule has 0 radical (unpaired) electrons. The van der Waals surface area contributed by atoms with Gasteiger partial charge in [0.1, 0.15) is 6.04 Å². The van der Waals surface area contributed by atoms with Crippen LogP contribution in [-0.2, 0) is 33.4 Å². The second-order valence-electron chi connectivity index (χ2n) is 10.4. The average Bonchev–Trinajstić information content (AvgIpc) is 3.41. The summed E-state index contributed by atoms with van der Waals surface area (Å²) in [7, 11) is 1.19. The van der Waals surface area contributed by atoms with Crippen LogP contribution in [0.3, 0.4) is 0 Å². The van der Waals surface area contributed by atoms with Crippen molar-refractivity contribution < 1.29 is 38.5 Å². The number of rotatable bonds is 16. The number of hydrogen-bond donors (Lipinski definition) is 1. The smallest absolute Gasteiger partial charge is 0.348 e. The number of hydrogen-bond acceptors (Lipinski definition) is 8. The number of methoxy groups -OCH3 is 1. The third-order valence-electron chi connectivity index (χ3n) is 7.37. The highest BCUT2D eigenvalue weighted by Crippen LogP contribution is 2.26. The van der Waals surface area contributed by atoms with Gasteiger partial charge in [0.15, 0.2) is 6.10 Å². The third kappa shape index (κ3) is 10.0. The van der Waals surface area contributed by atoms with Gasteiger partial charge < -0.3 is 24.2 Å². The number of ether oxygens (including phenoxy) is 3. The predicted octanol–water partition coefficient (Wildman–Crippen LogP) is 4.34. The van der Waals surface area contributed by atoms with Gasteiger partial charge in [-0.2, -0.15) is 0 Å². The van der Waals surface area contributed by atoms with Crippen LogP contribution in [0.2, 0.25) is 0 Å². The lowest BCUT2D eigenvalue weighted by Crippen LogP contribution is -2.48. The first kappa shape index (κ1) is 33.6. The van der Waals surface area contributed by atoms with Gasteiger partial charge in [-0.05, 0) is 51.5 Å². The van der Waals surface area contributed by atoms with Crippen LogP contribution >= 0.6 is 0 Å². The van der Waals surface area contributed by atoms with Crippen molar-refractivity contribution in [2.45, 2.75) is 124 Å². The molecule has 1 fully saturated rings. The summed E-state index contributed by atoms with van der Waals surface area (Å²) >= 11 is 0. The van der Waals surface area contributed by atoms with E-state index < -0.39 is 48.2 Å². The molecule has 0 saturated carbocycles. The lowest BCUT2D eigenvalue weighted by atomic mass is 9.95. The van der Waals surface area contributed by atoms with Gasteiger partial charge in [0.05, 0.1) is 19.1 Å². The number of allylic oxidation sites excluding steroid dienone is 1. The largest absolute Gasteiger partial charge is 0.466 e. The molecule has 0 bridgehead atoms. The Kier molecular flexibility index (Phi) is 15.2. The zero-order chi connectivity index (χ0) is 28.8. The highest BCUT2D eigenvalue weighted by molar-refractivity contribution is 5.88. The first-order valence-electron chi connectivity index (χ1n) is 14.1. The fourth-order valence-electron chi connectivity index (χ4n) is 4.53. The summed E-state index contributed by atoms with van der Waals surface area (Å²) in [5.41, 5.74) is 0.749. The number of aliphatic hydroxyl groups is 1. The molecule has 1 heterocycles. The van der Waals surface area contributed by atoms with Crippen LogP contribution in [-0.4, -0.2) is 71.8 Å².